The molecule has 1 heterocycles. The van der Waals surface area contributed by atoms with Crippen molar-refractivity contribution < 1.29 is 32.6 Å². The number of para-hydroxylation sites is 1. The van der Waals surface area contributed by atoms with Crippen LogP contribution in [0.3, 0.4) is 0 Å². The average molecular weight is 681 g/mol. The van der Waals surface area contributed by atoms with Crippen LogP contribution in [0, 0.1) is 12.8 Å². The number of benzene rings is 3. The van der Waals surface area contributed by atoms with Crippen LogP contribution < -0.4 is 14.8 Å². The molecule has 4 rings (SSSR count). The summed E-state index contributed by atoms with van der Waals surface area (Å²) >= 11 is 0. The lowest BCUT2D eigenvalue weighted by Gasteiger charge is -2.35. The van der Waals surface area contributed by atoms with Crippen molar-refractivity contribution in [3.8, 4) is 5.75 Å². The molecule has 0 saturated heterocycles. The maximum absolute atomic E-state index is 14.4. The number of hydrogen-bond acceptors (Lipinski definition) is 7. The first-order valence-electron chi connectivity index (χ1n) is 16.4. The number of ether oxygens (including phenoxy) is 2. The number of nitrogens with one attached hydrogen (secondary N) is 2. The summed E-state index contributed by atoms with van der Waals surface area (Å²) in [6.45, 7) is 8.15. The first-order valence-corrected chi connectivity index (χ1v) is 17.9. The van der Waals surface area contributed by atoms with Crippen molar-refractivity contribution in [3.63, 3.8) is 0 Å². The molecule has 0 aliphatic carbocycles. The minimum absolute atomic E-state index is 0.0993. The lowest BCUT2D eigenvalue weighted by molar-refractivity contribution is -0.0115. The monoisotopic (exact) mass is 680 g/mol. The van der Waals surface area contributed by atoms with Gasteiger partial charge in [0.25, 0.3) is 15.9 Å². The number of aliphatic hydroxyl groups excluding tert-OH is 1. The molecule has 0 radical (unpaired) electrons. The number of carbonyl (C=O) groups excluding carboxylic acids is 2. The van der Waals surface area contributed by atoms with Gasteiger partial charge in [-0.3, -0.25) is 9.52 Å². The third-order valence-electron chi connectivity index (χ3n) is 8.46. The number of anilines is 2. The first kappa shape index (κ1) is 36.7. The second-order valence-corrected chi connectivity index (χ2v) is 14.3. The smallest absolute Gasteiger partial charge is 0.321 e. The van der Waals surface area contributed by atoms with Crippen LogP contribution in [0.25, 0.3) is 0 Å². The second-order valence-electron chi connectivity index (χ2n) is 12.6. The van der Waals surface area contributed by atoms with E-state index in [9.17, 15) is 23.1 Å². The largest absolute Gasteiger partial charge is 0.490 e. The maximum Gasteiger partial charge on any atom is 0.321 e. The Morgan fingerprint density at radius 1 is 1.04 bits per heavy atom. The minimum Gasteiger partial charge on any atom is -0.490 e. The van der Waals surface area contributed by atoms with E-state index < -0.39 is 28.1 Å². The summed E-state index contributed by atoms with van der Waals surface area (Å²) in [6, 6.07) is 19.5. The summed E-state index contributed by atoms with van der Waals surface area (Å²) in [6.07, 6.45) is 1.65. The fraction of sp³-hybridized carbons (Fsp3) is 0.444. The number of aliphatic hydroxyl groups is 1. The Morgan fingerprint density at radius 2 is 1.75 bits per heavy atom. The molecular formula is C36H48N4O7S. The van der Waals surface area contributed by atoms with Crippen LogP contribution in [-0.4, -0.2) is 86.9 Å². The van der Waals surface area contributed by atoms with Crippen molar-refractivity contribution >= 4 is 33.3 Å². The topological polar surface area (TPSA) is 138 Å². The number of aryl methyl sites for hydroxylation is 1. The molecule has 12 heteroatoms. The van der Waals surface area contributed by atoms with E-state index in [0.29, 0.717) is 24.5 Å². The predicted molar refractivity (Wildman–Crippen MR) is 187 cm³/mol. The van der Waals surface area contributed by atoms with Crippen molar-refractivity contribution in [1.29, 1.82) is 0 Å². The van der Waals surface area contributed by atoms with Crippen LogP contribution in [0.1, 0.15) is 56.0 Å². The molecule has 4 atom stereocenters. The van der Waals surface area contributed by atoms with Crippen LogP contribution in [0.4, 0.5) is 16.2 Å². The molecule has 0 saturated carbocycles. The number of likely N-dealkylation sites (N-methyl/N-ethyl adjacent to an activating group) is 1. The summed E-state index contributed by atoms with van der Waals surface area (Å²) in [4.78, 5) is 30.6. The molecule has 0 unspecified atom stereocenters. The molecule has 11 nitrogen and oxygen atoms in total. The molecule has 3 N–H and O–H groups in total. The standard InChI is InChI=1S/C36H48N4O7S/c1-25-14-17-31(18-15-25)48(44,45)38-30-16-19-33-32(21-30)35(42)40(27(3)24-41)22-26(2)34(46-20-10-9-11-28(4)47-33)23-39(5)36(43)37-29-12-7-6-8-13-29/h6-8,12-19,21,26-28,34,38,41H,9-11,20,22-24H2,1-5H3,(H,37,43)/t26-,27+,28-,34+/m1/s1. The van der Waals surface area contributed by atoms with Crippen LogP contribution in [-0.2, 0) is 14.8 Å². The Bertz CT molecular complexity index is 1620. The Kier molecular flexibility index (Phi) is 12.9. The van der Waals surface area contributed by atoms with Crippen molar-refractivity contribution in [1.82, 2.24) is 9.80 Å². The SMILES string of the molecule is Cc1ccc(S(=O)(=O)Nc2ccc3c(c2)C(=O)N([C@@H](C)CO)C[C@@H](C)[C@H](CN(C)C(=O)Nc2ccccc2)OCCCC[C@@H](C)O3)cc1. The molecule has 3 amide bonds. The summed E-state index contributed by atoms with van der Waals surface area (Å²) in [7, 11) is -2.23. The number of rotatable bonds is 8. The zero-order valence-corrected chi connectivity index (χ0v) is 29.2. The van der Waals surface area contributed by atoms with E-state index in [2.05, 4.69) is 10.0 Å². The van der Waals surface area contributed by atoms with Gasteiger partial charge in [0.05, 0.1) is 35.3 Å². The fourth-order valence-electron chi connectivity index (χ4n) is 5.47. The van der Waals surface area contributed by atoms with Gasteiger partial charge in [0, 0.05) is 44.0 Å². The summed E-state index contributed by atoms with van der Waals surface area (Å²) < 4.78 is 41.6. The fourth-order valence-corrected chi connectivity index (χ4v) is 6.52. The molecule has 1 aliphatic rings. The van der Waals surface area contributed by atoms with Gasteiger partial charge >= 0.3 is 6.03 Å². The Hall–Kier alpha value is -4.13. The second kappa shape index (κ2) is 16.8. The Morgan fingerprint density at radius 3 is 2.44 bits per heavy atom. The molecule has 0 fully saturated rings. The van der Waals surface area contributed by atoms with Crippen molar-refractivity contribution in [3.05, 3.63) is 83.9 Å². The highest BCUT2D eigenvalue weighted by molar-refractivity contribution is 7.92. The van der Waals surface area contributed by atoms with Gasteiger partial charge in [-0.05, 0) is 82.5 Å². The lowest BCUT2D eigenvalue weighted by Crippen LogP contribution is -2.48. The van der Waals surface area contributed by atoms with Gasteiger partial charge in [0.2, 0.25) is 0 Å². The van der Waals surface area contributed by atoms with Gasteiger partial charge in [0.15, 0.2) is 0 Å². The normalized spacial score (nSPS) is 20.1. The molecule has 3 aromatic rings. The third-order valence-corrected chi connectivity index (χ3v) is 9.86. The van der Waals surface area contributed by atoms with Crippen molar-refractivity contribution in [2.45, 2.75) is 70.1 Å². The maximum atomic E-state index is 14.4. The van der Waals surface area contributed by atoms with Gasteiger partial charge in [-0.2, -0.15) is 0 Å². The highest BCUT2D eigenvalue weighted by Crippen LogP contribution is 2.29. The van der Waals surface area contributed by atoms with E-state index in [1.165, 1.54) is 18.2 Å². The number of carbonyl (C=O) groups is 2. The van der Waals surface area contributed by atoms with Crippen LogP contribution >= 0.6 is 0 Å². The number of amides is 3. The average Bonchev–Trinajstić information content (AvgIpc) is 3.06. The quantitative estimate of drug-likeness (QED) is 0.275. The van der Waals surface area contributed by atoms with Crippen LogP contribution in [0.15, 0.2) is 77.7 Å². The molecule has 260 valence electrons. The van der Waals surface area contributed by atoms with Gasteiger partial charge < -0.3 is 29.7 Å². The molecular weight excluding hydrogens is 632 g/mol. The minimum atomic E-state index is -3.93. The highest BCUT2D eigenvalue weighted by Gasteiger charge is 2.31. The van der Waals surface area contributed by atoms with E-state index >= 15 is 0 Å². The van der Waals surface area contributed by atoms with E-state index in [4.69, 9.17) is 9.47 Å². The number of nitrogens with zero attached hydrogens (tertiary/aromatic N) is 2. The molecule has 1 aliphatic heterocycles. The van der Waals surface area contributed by atoms with Crippen molar-refractivity contribution in [2.75, 3.05) is 43.4 Å². The van der Waals surface area contributed by atoms with E-state index in [-0.39, 0.29) is 53.9 Å². The van der Waals surface area contributed by atoms with Gasteiger partial charge in [0.1, 0.15) is 5.75 Å². The van der Waals surface area contributed by atoms with Crippen LogP contribution in [0.2, 0.25) is 0 Å². The molecule has 3 aromatic carbocycles. The number of sulfonamides is 1. The summed E-state index contributed by atoms with van der Waals surface area (Å²) in [5.74, 6) is -0.340. The van der Waals surface area contributed by atoms with Gasteiger partial charge in [-0.1, -0.05) is 42.8 Å². The Labute approximate surface area is 284 Å². The molecule has 0 bridgehead atoms. The molecule has 48 heavy (non-hydrogen) atoms. The van der Waals surface area contributed by atoms with Gasteiger partial charge in [-0.25, -0.2) is 13.2 Å². The summed E-state index contributed by atoms with van der Waals surface area (Å²) in [5.41, 5.74) is 1.99. The number of fused-ring (bicyclic) bond motifs is 1. The molecule has 0 aromatic heterocycles. The lowest BCUT2D eigenvalue weighted by atomic mass is 10.0. The molecule has 0 spiro atoms. The number of hydrogen-bond donors (Lipinski definition) is 3. The van der Waals surface area contributed by atoms with E-state index in [1.807, 2.05) is 51.1 Å². The van der Waals surface area contributed by atoms with E-state index in [0.717, 1.165) is 18.4 Å². The Balaban J connectivity index is 1.63. The first-order chi connectivity index (χ1) is 22.9. The van der Waals surface area contributed by atoms with Crippen molar-refractivity contribution in [2.24, 2.45) is 5.92 Å². The van der Waals surface area contributed by atoms with Crippen LogP contribution in [0.5, 0.6) is 5.75 Å². The van der Waals surface area contributed by atoms with E-state index in [1.54, 1.807) is 48.0 Å². The highest BCUT2D eigenvalue weighted by atomic mass is 32.2. The summed E-state index contributed by atoms with van der Waals surface area (Å²) in [5, 5.41) is 13.1. The third kappa shape index (κ3) is 9.94. The zero-order chi connectivity index (χ0) is 34.8. The zero-order valence-electron chi connectivity index (χ0n) is 28.4. The number of urea groups is 1. The predicted octanol–water partition coefficient (Wildman–Crippen LogP) is 5.76. The van der Waals surface area contributed by atoms with Gasteiger partial charge in [-0.15, -0.1) is 0 Å².